The van der Waals surface area contributed by atoms with Gasteiger partial charge in [0.2, 0.25) is 0 Å². The molecule has 1 aromatic heterocycles. The van der Waals surface area contributed by atoms with Crippen LogP contribution in [0.2, 0.25) is 0 Å². The van der Waals surface area contributed by atoms with Crippen molar-refractivity contribution in [2.75, 3.05) is 11.9 Å². The summed E-state index contributed by atoms with van der Waals surface area (Å²) in [6, 6.07) is 14.7. The van der Waals surface area contributed by atoms with E-state index in [1.807, 2.05) is 38.1 Å². The Morgan fingerprint density at radius 3 is 2.58 bits per heavy atom. The van der Waals surface area contributed by atoms with Crippen LogP contribution in [0.15, 0.2) is 53.9 Å². The first-order chi connectivity index (χ1) is 12.5. The second-order valence-electron chi connectivity index (χ2n) is 5.83. The van der Waals surface area contributed by atoms with E-state index in [9.17, 15) is 9.59 Å². The highest BCUT2D eigenvalue weighted by atomic mass is 32.1. The lowest BCUT2D eigenvalue weighted by atomic mass is 10.1. The molecule has 0 unspecified atom stereocenters. The van der Waals surface area contributed by atoms with Crippen molar-refractivity contribution in [3.05, 3.63) is 76.3 Å². The van der Waals surface area contributed by atoms with E-state index in [0.29, 0.717) is 10.7 Å². The van der Waals surface area contributed by atoms with Crippen LogP contribution in [0.3, 0.4) is 0 Å². The molecule has 0 aliphatic rings. The van der Waals surface area contributed by atoms with Crippen molar-refractivity contribution >= 4 is 33.9 Å². The Morgan fingerprint density at radius 2 is 1.85 bits per heavy atom. The summed E-state index contributed by atoms with van der Waals surface area (Å²) >= 11 is 1.31. The Balaban J connectivity index is 1.59. The monoisotopic (exact) mass is 366 g/mol. The van der Waals surface area contributed by atoms with Crippen LogP contribution in [0.25, 0.3) is 0 Å². The molecule has 1 heterocycles. The van der Waals surface area contributed by atoms with Gasteiger partial charge in [0.1, 0.15) is 0 Å². The zero-order valence-corrected chi connectivity index (χ0v) is 15.3. The number of aryl methyl sites for hydroxylation is 2. The molecule has 0 aliphatic carbocycles. The molecule has 0 radical (unpaired) electrons. The number of carbonyl (C=O) groups is 2. The highest BCUT2D eigenvalue weighted by Gasteiger charge is 2.15. The maximum absolute atomic E-state index is 12.1. The Morgan fingerprint density at radius 1 is 1.08 bits per heavy atom. The molecule has 0 bridgehead atoms. The molecule has 0 spiro atoms. The van der Waals surface area contributed by atoms with E-state index in [1.54, 1.807) is 29.6 Å². The summed E-state index contributed by atoms with van der Waals surface area (Å²) in [5, 5.41) is 5.37. The van der Waals surface area contributed by atoms with Crippen LogP contribution >= 0.6 is 11.3 Å². The minimum absolute atomic E-state index is 0.183. The van der Waals surface area contributed by atoms with Gasteiger partial charge in [0.25, 0.3) is 0 Å². The molecule has 2 aromatic carbocycles. The topological polar surface area (TPSA) is 68.3 Å². The van der Waals surface area contributed by atoms with E-state index in [1.165, 1.54) is 22.5 Å². The van der Waals surface area contributed by atoms with Crippen molar-refractivity contribution in [1.29, 1.82) is 0 Å². The zero-order chi connectivity index (χ0) is 18.5. The number of hydrogen-bond acceptors (Lipinski definition) is 6. The van der Waals surface area contributed by atoms with Crippen molar-refractivity contribution in [3.63, 3.8) is 0 Å². The van der Waals surface area contributed by atoms with Gasteiger partial charge in [-0.25, -0.2) is 9.78 Å². The summed E-state index contributed by atoms with van der Waals surface area (Å²) in [4.78, 5) is 28.3. The van der Waals surface area contributed by atoms with E-state index < -0.39 is 5.97 Å². The third-order valence-corrected chi connectivity index (χ3v) is 4.66. The van der Waals surface area contributed by atoms with Crippen LogP contribution in [0.1, 0.15) is 32.0 Å². The lowest BCUT2D eigenvalue weighted by Crippen LogP contribution is -2.14. The Bertz CT molecular complexity index is 935. The maximum atomic E-state index is 12.1. The van der Waals surface area contributed by atoms with Gasteiger partial charge in [-0.3, -0.25) is 4.79 Å². The Labute approximate surface area is 155 Å². The summed E-state index contributed by atoms with van der Waals surface area (Å²) < 4.78 is 5.07. The lowest BCUT2D eigenvalue weighted by Gasteiger charge is -2.05. The van der Waals surface area contributed by atoms with Gasteiger partial charge in [-0.15, -0.1) is 11.3 Å². The molecular weight excluding hydrogens is 348 g/mol. The number of anilines is 2. The van der Waals surface area contributed by atoms with Gasteiger partial charge in [-0.1, -0.05) is 36.4 Å². The SMILES string of the molecule is Cc1ccc(Nc2nc(C(=O)OCC(=O)c3ccccc3)cs2)cc1C. The van der Waals surface area contributed by atoms with E-state index in [0.717, 1.165) is 5.69 Å². The second-order valence-corrected chi connectivity index (χ2v) is 6.69. The van der Waals surface area contributed by atoms with Crippen LogP contribution in [-0.2, 0) is 4.74 Å². The van der Waals surface area contributed by atoms with E-state index in [4.69, 9.17) is 4.74 Å². The molecule has 0 atom stereocenters. The molecular formula is C20H18N2O3S. The van der Waals surface area contributed by atoms with Crippen molar-refractivity contribution in [3.8, 4) is 0 Å². The molecule has 0 saturated heterocycles. The predicted molar refractivity (Wildman–Crippen MR) is 102 cm³/mol. The average molecular weight is 366 g/mol. The molecule has 3 rings (SSSR count). The number of rotatable bonds is 6. The van der Waals surface area contributed by atoms with E-state index >= 15 is 0 Å². The number of Topliss-reactive ketones (excluding diaryl/α,β-unsaturated/α-hetero) is 1. The highest BCUT2D eigenvalue weighted by Crippen LogP contribution is 2.23. The number of esters is 1. The average Bonchev–Trinajstić information content (AvgIpc) is 3.12. The number of ketones is 1. The summed E-state index contributed by atoms with van der Waals surface area (Å²) in [5.74, 6) is -0.860. The van der Waals surface area contributed by atoms with E-state index in [-0.39, 0.29) is 18.1 Å². The molecule has 0 saturated carbocycles. The second kappa shape index (κ2) is 7.93. The molecule has 0 fully saturated rings. The first-order valence-electron chi connectivity index (χ1n) is 8.08. The molecule has 26 heavy (non-hydrogen) atoms. The van der Waals surface area contributed by atoms with Gasteiger partial charge in [0, 0.05) is 16.6 Å². The van der Waals surface area contributed by atoms with Crippen molar-refractivity contribution in [2.24, 2.45) is 0 Å². The highest BCUT2D eigenvalue weighted by molar-refractivity contribution is 7.14. The standard InChI is InChI=1S/C20H18N2O3S/c1-13-8-9-16(10-14(13)2)21-20-22-17(12-26-20)19(24)25-11-18(23)15-6-4-3-5-7-15/h3-10,12H,11H2,1-2H3,(H,21,22). The van der Waals surface area contributed by atoms with Gasteiger partial charge < -0.3 is 10.1 Å². The van der Waals surface area contributed by atoms with Gasteiger partial charge in [-0.05, 0) is 37.1 Å². The van der Waals surface area contributed by atoms with Gasteiger partial charge >= 0.3 is 5.97 Å². The predicted octanol–water partition coefficient (Wildman–Crippen LogP) is 4.54. The molecule has 132 valence electrons. The minimum atomic E-state index is -0.612. The number of hydrogen-bond donors (Lipinski definition) is 1. The first-order valence-corrected chi connectivity index (χ1v) is 8.96. The summed E-state index contributed by atoms with van der Waals surface area (Å²) in [6.45, 7) is 3.78. The molecule has 3 aromatic rings. The molecule has 1 N–H and O–H groups in total. The van der Waals surface area contributed by atoms with Crippen LogP contribution in [-0.4, -0.2) is 23.3 Å². The fourth-order valence-corrected chi connectivity index (χ4v) is 2.98. The van der Waals surface area contributed by atoms with Crippen molar-refractivity contribution in [2.45, 2.75) is 13.8 Å². The quantitative estimate of drug-likeness (QED) is 0.512. The van der Waals surface area contributed by atoms with Crippen molar-refractivity contribution in [1.82, 2.24) is 4.98 Å². The first kappa shape index (κ1) is 17.8. The molecule has 5 nitrogen and oxygen atoms in total. The van der Waals surface area contributed by atoms with Gasteiger partial charge in [0.15, 0.2) is 23.2 Å². The van der Waals surface area contributed by atoms with Crippen LogP contribution < -0.4 is 5.32 Å². The normalized spacial score (nSPS) is 10.4. The maximum Gasteiger partial charge on any atom is 0.358 e. The summed E-state index contributed by atoms with van der Waals surface area (Å²) in [6.07, 6.45) is 0. The summed E-state index contributed by atoms with van der Waals surface area (Å²) in [5.41, 5.74) is 3.98. The largest absolute Gasteiger partial charge is 0.453 e. The minimum Gasteiger partial charge on any atom is -0.453 e. The van der Waals surface area contributed by atoms with Crippen LogP contribution in [0.5, 0.6) is 0 Å². The number of carbonyl (C=O) groups excluding carboxylic acids is 2. The zero-order valence-electron chi connectivity index (χ0n) is 14.5. The van der Waals surface area contributed by atoms with Gasteiger partial charge in [-0.2, -0.15) is 0 Å². The molecule has 6 heteroatoms. The third-order valence-electron chi connectivity index (χ3n) is 3.90. The summed E-state index contributed by atoms with van der Waals surface area (Å²) in [7, 11) is 0. The number of thiazole rings is 1. The number of aromatic nitrogens is 1. The smallest absolute Gasteiger partial charge is 0.358 e. The van der Waals surface area contributed by atoms with Crippen molar-refractivity contribution < 1.29 is 14.3 Å². The number of ether oxygens (including phenoxy) is 1. The fraction of sp³-hybridized carbons (Fsp3) is 0.150. The van der Waals surface area contributed by atoms with E-state index in [2.05, 4.69) is 10.3 Å². The number of nitrogens with zero attached hydrogens (tertiary/aromatic N) is 1. The number of benzene rings is 2. The molecule has 0 amide bonds. The lowest BCUT2D eigenvalue weighted by molar-refractivity contribution is 0.0470. The molecule has 0 aliphatic heterocycles. The Kier molecular flexibility index (Phi) is 5.43. The number of nitrogens with one attached hydrogen (secondary N) is 1. The van der Waals surface area contributed by atoms with Crippen LogP contribution in [0.4, 0.5) is 10.8 Å². The van der Waals surface area contributed by atoms with Crippen LogP contribution in [0, 0.1) is 13.8 Å². The Hall–Kier alpha value is -2.99. The van der Waals surface area contributed by atoms with Gasteiger partial charge in [0.05, 0.1) is 0 Å². The fourth-order valence-electron chi connectivity index (χ4n) is 2.28. The third kappa shape index (κ3) is 4.34.